The van der Waals surface area contributed by atoms with Gasteiger partial charge in [0, 0.05) is 0 Å². The summed E-state index contributed by atoms with van der Waals surface area (Å²) in [7, 11) is 0. The van der Waals surface area contributed by atoms with Crippen molar-refractivity contribution in [1.82, 2.24) is 0 Å². The summed E-state index contributed by atoms with van der Waals surface area (Å²) in [6.45, 7) is 2.80. The molecule has 0 aliphatic heterocycles. The molecule has 0 heterocycles. The topological polar surface area (TPSA) is 77.8 Å². The number of hydrogen-bond acceptors (Lipinski definition) is 4. The molecule has 0 bridgehead atoms. The first-order valence-corrected chi connectivity index (χ1v) is 3.48. The lowest BCUT2D eigenvalue weighted by Crippen LogP contribution is -2.23. The van der Waals surface area contributed by atoms with E-state index in [1.54, 1.807) is 0 Å². The summed E-state index contributed by atoms with van der Waals surface area (Å²) in [6.07, 6.45) is 0. The summed E-state index contributed by atoms with van der Waals surface area (Å²) < 4.78 is -0.889. The number of carboxylic acid groups (broad SMARTS) is 1. The maximum Gasteiger partial charge on any atom is 0.318 e. The highest BCUT2D eigenvalue weighted by Gasteiger charge is 2.20. The summed E-state index contributed by atoms with van der Waals surface area (Å²) in [4.78, 5) is 9.94. The van der Waals surface area contributed by atoms with Crippen LogP contribution in [0.25, 0.3) is 0 Å². The summed E-state index contributed by atoms with van der Waals surface area (Å²) in [5, 5.41) is 23.4. The van der Waals surface area contributed by atoms with E-state index in [0.717, 1.165) is 0 Å². The van der Waals surface area contributed by atoms with Gasteiger partial charge in [0.1, 0.15) is 4.75 Å². The van der Waals surface area contributed by atoms with Crippen LogP contribution in [0, 0.1) is 0 Å². The molecular weight excluding hydrogens is 168 g/mol. The number of aliphatic hydroxyl groups excluding tert-OH is 2. The maximum atomic E-state index is 9.94. The number of carbonyl (C=O) groups is 1. The molecule has 0 aromatic carbocycles. The van der Waals surface area contributed by atoms with Crippen LogP contribution in [0.3, 0.4) is 0 Å². The molecule has 0 saturated heterocycles. The molecule has 68 valence electrons. The molecule has 11 heavy (non-hydrogen) atoms. The highest BCUT2D eigenvalue weighted by atomic mass is 32.1. The van der Waals surface area contributed by atoms with Crippen molar-refractivity contribution in [3.8, 4) is 0 Å². The van der Waals surface area contributed by atoms with Crippen molar-refractivity contribution >= 4 is 18.6 Å². The minimum atomic E-state index is -0.893. The van der Waals surface area contributed by atoms with E-state index in [9.17, 15) is 4.79 Å². The van der Waals surface area contributed by atoms with E-state index in [1.165, 1.54) is 13.8 Å². The van der Waals surface area contributed by atoms with Gasteiger partial charge in [-0.3, -0.25) is 4.79 Å². The van der Waals surface area contributed by atoms with E-state index in [-0.39, 0.29) is 13.2 Å². The van der Waals surface area contributed by atoms with Crippen molar-refractivity contribution in [3.63, 3.8) is 0 Å². The van der Waals surface area contributed by atoms with Crippen LogP contribution >= 0.6 is 12.6 Å². The Labute approximate surface area is 71.3 Å². The molecule has 0 aliphatic rings. The first-order valence-electron chi connectivity index (χ1n) is 3.03. The average Bonchev–Trinajstić information content (AvgIpc) is 1.87. The van der Waals surface area contributed by atoms with Crippen LogP contribution in [0.2, 0.25) is 0 Å². The largest absolute Gasteiger partial charge is 0.480 e. The SMILES string of the molecule is CC(C)(S)C(=O)O.OCCO. The fourth-order valence-corrected chi connectivity index (χ4v) is 0. The summed E-state index contributed by atoms with van der Waals surface area (Å²) in [5.74, 6) is -0.893. The lowest BCUT2D eigenvalue weighted by atomic mass is 10.2. The van der Waals surface area contributed by atoms with Crippen molar-refractivity contribution in [2.24, 2.45) is 0 Å². The predicted molar refractivity (Wildman–Crippen MR) is 44.9 cm³/mol. The second-order valence-corrected chi connectivity index (χ2v) is 3.43. The molecule has 0 spiro atoms. The zero-order chi connectivity index (χ0) is 9.49. The minimum Gasteiger partial charge on any atom is -0.480 e. The standard InChI is InChI=1S/C4H8O2S.C2H6O2/c1-4(2,7)3(5)6;3-1-2-4/h7H,1-2H3,(H,5,6);3-4H,1-2H2. The molecule has 0 radical (unpaired) electrons. The minimum absolute atomic E-state index is 0.125. The van der Waals surface area contributed by atoms with Gasteiger partial charge in [-0.1, -0.05) is 0 Å². The lowest BCUT2D eigenvalue weighted by molar-refractivity contribution is -0.138. The van der Waals surface area contributed by atoms with Gasteiger partial charge in [-0.2, -0.15) is 12.6 Å². The third-order valence-electron chi connectivity index (χ3n) is 0.623. The van der Waals surface area contributed by atoms with Gasteiger partial charge >= 0.3 is 5.97 Å². The van der Waals surface area contributed by atoms with E-state index in [4.69, 9.17) is 15.3 Å². The van der Waals surface area contributed by atoms with E-state index < -0.39 is 10.7 Å². The van der Waals surface area contributed by atoms with E-state index >= 15 is 0 Å². The molecule has 0 aliphatic carbocycles. The number of carboxylic acids is 1. The lowest BCUT2D eigenvalue weighted by Gasteiger charge is -2.07. The fourth-order valence-electron chi connectivity index (χ4n) is 0. The summed E-state index contributed by atoms with van der Waals surface area (Å²) >= 11 is 3.75. The van der Waals surface area contributed by atoms with Crippen LogP contribution in [0.1, 0.15) is 13.8 Å². The highest BCUT2D eigenvalue weighted by Crippen LogP contribution is 2.10. The highest BCUT2D eigenvalue weighted by molar-refractivity contribution is 7.82. The van der Waals surface area contributed by atoms with E-state index in [2.05, 4.69) is 12.6 Å². The van der Waals surface area contributed by atoms with E-state index in [1.807, 2.05) is 0 Å². The Hall–Kier alpha value is -0.260. The number of aliphatic carboxylic acids is 1. The van der Waals surface area contributed by atoms with Crippen LogP contribution in [-0.2, 0) is 4.79 Å². The smallest absolute Gasteiger partial charge is 0.318 e. The molecule has 0 saturated carbocycles. The molecule has 0 fully saturated rings. The van der Waals surface area contributed by atoms with Crippen LogP contribution in [0.15, 0.2) is 0 Å². The van der Waals surface area contributed by atoms with Crippen molar-refractivity contribution in [1.29, 1.82) is 0 Å². The van der Waals surface area contributed by atoms with Crippen LogP contribution in [0.5, 0.6) is 0 Å². The molecule has 0 aromatic heterocycles. The number of rotatable bonds is 2. The second kappa shape index (κ2) is 6.45. The average molecular weight is 182 g/mol. The Kier molecular flexibility index (Phi) is 7.82. The molecule has 4 nitrogen and oxygen atoms in total. The van der Waals surface area contributed by atoms with Gasteiger partial charge in [0.05, 0.1) is 13.2 Å². The maximum absolute atomic E-state index is 9.94. The van der Waals surface area contributed by atoms with E-state index in [0.29, 0.717) is 0 Å². The molecule has 0 aromatic rings. The summed E-state index contributed by atoms with van der Waals surface area (Å²) in [5.41, 5.74) is 0. The fraction of sp³-hybridized carbons (Fsp3) is 0.833. The van der Waals surface area contributed by atoms with Gasteiger partial charge in [-0.25, -0.2) is 0 Å². The summed E-state index contributed by atoms with van der Waals surface area (Å²) in [6, 6.07) is 0. The van der Waals surface area contributed by atoms with Gasteiger partial charge in [-0.05, 0) is 13.8 Å². The Morgan fingerprint density at radius 2 is 1.55 bits per heavy atom. The Morgan fingerprint density at radius 1 is 1.36 bits per heavy atom. The van der Waals surface area contributed by atoms with Crippen LogP contribution in [-0.4, -0.2) is 39.2 Å². The Bertz CT molecular complexity index is 106. The van der Waals surface area contributed by atoms with Gasteiger partial charge < -0.3 is 15.3 Å². The van der Waals surface area contributed by atoms with Gasteiger partial charge in [0.2, 0.25) is 0 Å². The number of thiol groups is 1. The van der Waals surface area contributed by atoms with Crippen molar-refractivity contribution in [3.05, 3.63) is 0 Å². The zero-order valence-corrected chi connectivity index (χ0v) is 7.51. The van der Waals surface area contributed by atoms with Gasteiger partial charge in [0.15, 0.2) is 0 Å². The molecule has 3 N–H and O–H groups in total. The van der Waals surface area contributed by atoms with Gasteiger partial charge in [0.25, 0.3) is 0 Å². The monoisotopic (exact) mass is 182 g/mol. The first kappa shape index (κ1) is 13.3. The number of aliphatic hydroxyl groups is 2. The van der Waals surface area contributed by atoms with Crippen molar-refractivity contribution in [2.75, 3.05) is 13.2 Å². The second-order valence-electron chi connectivity index (χ2n) is 2.31. The molecule has 0 unspecified atom stereocenters. The van der Waals surface area contributed by atoms with Crippen molar-refractivity contribution in [2.45, 2.75) is 18.6 Å². The zero-order valence-electron chi connectivity index (χ0n) is 6.61. The Morgan fingerprint density at radius 3 is 1.55 bits per heavy atom. The number of hydrogen-bond donors (Lipinski definition) is 4. The van der Waals surface area contributed by atoms with Crippen molar-refractivity contribution < 1.29 is 20.1 Å². The van der Waals surface area contributed by atoms with Crippen LogP contribution < -0.4 is 0 Å². The van der Waals surface area contributed by atoms with Gasteiger partial charge in [-0.15, -0.1) is 0 Å². The van der Waals surface area contributed by atoms with Crippen LogP contribution in [0.4, 0.5) is 0 Å². The molecule has 5 heteroatoms. The normalized spacial score (nSPS) is 9.91. The third kappa shape index (κ3) is 12.8. The molecule has 0 atom stereocenters. The molecule has 0 rings (SSSR count). The molecular formula is C6H14O4S. The quantitative estimate of drug-likeness (QED) is 0.444. The third-order valence-corrected chi connectivity index (χ3v) is 0.815. The molecule has 0 amide bonds. The predicted octanol–water partition coefficient (Wildman–Crippen LogP) is -0.250. The first-order chi connectivity index (χ1) is 4.86. The Balaban J connectivity index is 0.